The van der Waals surface area contributed by atoms with Crippen molar-refractivity contribution >= 4 is 10.2 Å². The van der Waals surface area contributed by atoms with Crippen molar-refractivity contribution in [2.75, 3.05) is 5.75 Å². The van der Waals surface area contributed by atoms with E-state index in [-0.39, 0.29) is 5.44 Å². The molecule has 0 amide bonds. The van der Waals surface area contributed by atoms with Crippen molar-refractivity contribution in [1.29, 1.82) is 0 Å². The van der Waals surface area contributed by atoms with Crippen LogP contribution in [0.3, 0.4) is 0 Å². The monoisotopic (exact) mass is 134 g/mol. The molecule has 2 aliphatic rings. The minimum Gasteiger partial charge on any atom is -0.265 e. The topological polar surface area (TPSA) is 29.6 Å². The van der Waals surface area contributed by atoms with Crippen molar-refractivity contribution in [3.8, 4) is 0 Å². The molecule has 2 saturated heterocycles. The molecule has 2 nitrogen and oxygen atoms in total. The summed E-state index contributed by atoms with van der Waals surface area (Å²) in [7, 11) is -1.92. The van der Waals surface area contributed by atoms with E-state index < -0.39 is 10.2 Å². The number of hydrogen-bond donors (Lipinski definition) is 1. The molecular formula is C5H10O2S. The van der Waals surface area contributed by atoms with Crippen LogP contribution in [-0.4, -0.2) is 15.4 Å². The molecule has 1 atom stereocenters. The molecule has 0 aromatic rings. The van der Waals surface area contributed by atoms with Crippen molar-refractivity contribution in [2.24, 2.45) is 0 Å². The maximum atomic E-state index is 11.1. The first-order valence-electron chi connectivity index (χ1n) is 3.08. The Bertz CT molecular complexity index is 155. The van der Waals surface area contributed by atoms with Crippen LogP contribution in [0.4, 0.5) is 0 Å². The average molecular weight is 134 g/mol. The van der Waals surface area contributed by atoms with Gasteiger partial charge in [0.05, 0.1) is 0 Å². The molecule has 0 bridgehead atoms. The van der Waals surface area contributed by atoms with Gasteiger partial charge in [-0.15, -0.1) is 0 Å². The summed E-state index contributed by atoms with van der Waals surface area (Å²) in [6.45, 7) is 0. The first-order valence-corrected chi connectivity index (χ1v) is 4.96. The number of hydrogen-bond acceptors (Lipinski definition) is 2. The lowest BCUT2D eigenvalue weighted by atomic mass is 10.2. The second-order valence-corrected chi connectivity index (χ2v) is 5.19. The number of rotatable bonds is 0. The van der Waals surface area contributed by atoms with Gasteiger partial charge < -0.3 is 0 Å². The third kappa shape index (κ3) is 0.545. The number of thiol groups is 1. The smallest absolute Gasteiger partial charge is 0.164 e. The van der Waals surface area contributed by atoms with Crippen LogP contribution in [-0.2, 0) is 14.4 Å². The van der Waals surface area contributed by atoms with E-state index in [4.69, 9.17) is 4.18 Å². The summed E-state index contributed by atoms with van der Waals surface area (Å²) in [5.41, 5.74) is 0.205. The molecule has 8 heavy (non-hydrogen) atoms. The van der Waals surface area contributed by atoms with E-state index >= 15 is 0 Å². The summed E-state index contributed by atoms with van der Waals surface area (Å²) in [6.07, 6.45) is 3.39. The first kappa shape index (κ1) is 4.94. The summed E-state index contributed by atoms with van der Waals surface area (Å²) < 4.78 is 16.1. The molecule has 0 spiro atoms. The minimum atomic E-state index is -1.92. The third-order valence-electron chi connectivity index (χ3n) is 1.86. The fourth-order valence-electron chi connectivity index (χ4n) is 1.28. The Hall–Kier alpha value is 0.110. The molecule has 2 aliphatic heterocycles. The van der Waals surface area contributed by atoms with Gasteiger partial charge in [-0.05, 0) is 19.3 Å². The maximum absolute atomic E-state index is 11.1. The zero-order chi connectivity index (χ0) is 5.61. The van der Waals surface area contributed by atoms with Gasteiger partial charge in [-0.25, -0.2) is 4.21 Å². The molecule has 2 rings (SSSR count). The van der Waals surface area contributed by atoms with Crippen molar-refractivity contribution < 1.29 is 8.39 Å². The quantitative estimate of drug-likeness (QED) is 0.385. The lowest BCUT2D eigenvalue weighted by Crippen LogP contribution is -2.08. The molecule has 2 fully saturated rings. The zero-order valence-corrected chi connectivity index (χ0v) is 5.56. The highest BCUT2D eigenvalue weighted by molar-refractivity contribution is 8.04. The Morgan fingerprint density at radius 1 is 1.50 bits per heavy atom. The molecule has 0 aromatic heterocycles. The zero-order valence-electron chi connectivity index (χ0n) is 4.67. The summed E-state index contributed by atoms with van der Waals surface area (Å²) >= 11 is 0. The summed E-state index contributed by atoms with van der Waals surface area (Å²) in [4.78, 5) is 0. The highest BCUT2D eigenvalue weighted by Gasteiger charge is 2.42. The molecule has 0 aromatic carbocycles. The Morgan fingerprint density at radius 3 is 2.88 bits per heavy atom. The van der Waals surface area contributed by atoms with E-state index in [0.717, 1.165) is 18.6 Å². The van der Waals surface area contributed by atoms with E-state index in [1.54, 1.807) is 0 Å². The molecule has 3 heteroatoms. The normalized spacial score (nSPS) is 44.8. The SMILES string of the molecule is O=[SH]12CCCCC1O2. The highest BCUT2D eigenvalue weighted by Crippen LogP contribution is 2.41. The molecular weight excluding hydrogens is 124 g/mol. The van der Waals surface area contributed by atoms with Crippen LogP contribution in [0.5, 0.6) is 0 Å². The largest absolute Gasteiger partial charge is 0.265 e. The molecule has 0 N–H and O–H groups in total. The lowest BCUT2D eigenvalue weighted by molar-refractivity contribution is 0.432. The van der Waals surface area contributed by atoms with Gasteiger partial charge in [0.15, 0.2) is 5.44 Å². The Balaban J connectivity index is 2.15. The van der Waals surface area contributed by atoms with E-state index in [2.05, 4.69) is 0 Å². The van der Waals surface area contributed by atoms with Crippen LogP contribution in [0.2, 0.25) is 0 Å². The van der Waals surface area contributed by atoms with Gasteiger partial charge in [0.2, 0.25) is 0 Å². The van der Waals surface area contributed by atoms with Crippen molar-refractivity contribution in [2.45, 2.75) is 24.7 Å². The van der Waals surface area contributed by atoms with Gasteiger partial charge >= 0.3 is 0 Å². The predicted molar refractivity (Wildman–Crippen MR) is 33.1 cm³/mol. The van der Waals surface area contributed by atoms with Crippen LogP contribution in [0.15, 0.2) is 0 Å². The van der Waals surface area contributed by atoms with Gasteiger partial charge in [-0.2, -0.15) is 10.2 Å². The molecule has 48 valence electrons. The standard InChI is InChI=1S/C5H10O2S/c6-8-4-2-1-3-5(8)7-8/h5,8H,1-4H2. The Morgan fingerprint density at radius 2 is 2.38 bits per heavy atom. The van der Waals surface area contributed by atoms with E-state index in [0.29, 0.717) is 0 Å². The number of fused-ring (bicyclic) bond motifs is 1. The van der Waals surface area contributed by atoms with Crippen LogP contribution >= 0.6 is 0 Å². The van der Waals surface area contributed by atoms with Gasteiger partial charge in [-0.1, -0.05) is 0 Å². The van der Waals surface area contributed by atoms with Crippen LogP contribution in [0.25, 0.3) is 0 Å². The Labute approximate surface area is 49.9 Å². The molecule has 1 unspecified atom stereocenters. The van der Waals surface area contributed by atoms with Gasteiger partial charge in [0.1, 0.15) is 0 Å². The van der Waals surface area contributed by atoms with E-state index in [1.165, 1.54) is 6.42 Å². The van der Waals surface area contributed by atoms with Crippen LogP contribution < -0.4 is 0 Å². The average Bonchev–Trinajstić information content (AvgIpc) is 2.39. The fourth-order valence-corrected chi connectivity index (χ4v) is 3.69. The highest BCUT2D eigenvalue weighted by atomic mass is 32.3. The van der Waals surface area contributed by atoms with Crippen molar-refractivity contribution in [1.82, 2.24) is 0 Å². The molecule has 0 aliphatic carbocycles. The second kappa shape index (κ2) is 1.33. The lowest BCUT2D eigenvalue weighted by Gasteiger charge is -2.08. The maximum Gasteiger partial charge on any atom is 0.164 e. The summed E-state index contributed by atoms with van der Waals surface area (Å²) in [6, 6.07) is 0. The minimum absolute atomic E-state index is 0.205. The van der Waals surface area contributed by atoms with Crippen molar-refractivity contribution in [3.63, 3.8) is 0 Å². The van der Waals surface area contributed by atoms with Crippen LogP contribution in [0.1, 0.15) is 19.3 Å². The van der Waals surface area contributed by atoms with Crippen molar-refractivity contribution in [3.05, 3.63) is 0 Å². The third-order valence-corrected chi connectivity index (χ3v) is 4.45. The van der Waals surface area contributed by atoms with Gasteiger partial charge in [0.25, 0.3) is 0 Å². The first-order chi connectivity index (χ1) is 3.81. The van der Waals surface area contributed by atoms with E-state index in [9.17, 15) is 4.21 Å². The van der Waals surface area contributed by atoms with Gasteiger partial charge in [-0.3, -0.25) is 4.18 Å². The summed E-state index contributed by atoms with van der Waals surface area (Å²) in [5.74, 6) is 0.859. The Kier molecular flexibility index (Phi) is 0.823. The fraction of sp³-hybridized carbons (Fsp3) is 1.00. The molecule has 2 heterocycles. The molecule has 0 radical (unpaired) electrons. The van der Waals surface area contributed by atoms with Gasteiger partial charge in [0, 0.05) is 5.75 Å². The predicted octanol–water partition coefficient (Wildman–Crippen LogP) is 0.458. The van der Waals surface area contributed by atoms with Crippen LogP contribution in [0, 0.1) is 0 Å². The second-order valence-electron chi connectivity index (χ2n) is 2.51. The molecule has 0 saturated carbocycles. The van der Waals surface area contributed by atoms with E-state index in [1.807, 2.05) is 0 Å². The summed E-state index contributed by atoms with van der Waals surface area (Å²) in [5, 5.41) is 0.